The number of amides is 1. The number of halogens is 1. The number of hydrogen-bond donors (Lipinski definition) is 1. The van der Waals surface area contributed by atoms with Crippen LogP contribution in [0.15, 0.2) is 59.4 Å². The summed E-state index contributed by atoms with van der Waals surface area (Å²) < 4.78 is 1.45. The van der Waals surface area contributed by atoms with Crippen LogP contribution < -0.4 is 10.9 Å². The number of carbonyl (C=O) groups excluding carboxylic acids is 1. The summed E-state index contributed by atoms with van der Waals surface area (Å²) >= 11 is 5.92. The Morgan fingerprint density at radius 3 is 2.28 bits per heavy atom. The van der Waals surface area contributed by atoms with Crippen LogP contribution in [0, 0.1) is 6.92 Å². The third-order valence-corrected chi connectivity index (χ3v) is 4.43. The summed E-state index contributed by atoms with van der Waals surface area (Å²) in [4.78, 5) is 24.4. The van der Waals surface area contributed by atoms with Crippen molar-refractivity contribution in [3.8, 4) is 11.3 Å². The standard InChI is InChI=1S/C21H20ClN3O2.C2H6/c1-3-23-20(26)17-8-6-16(7-9-17)19-12-14(2)21(27)25(24-19)13-15-4-10-18(22)11-5-15;1-2/h4-12H,3,13H2,1-2H3,(H,23,26);1-2H3. The molecular formula is C23H26ClN3O2. The summed E-state index contributed by atoms with van der Waals surface area (Å²) in [6, 6.07) is 16.3. The molecule has 5 nitrogen and oxygen atoms in total. The molecule has 1 amide bonds. The Hall–Kier alpha value is -2.92. The van der Waals surface area contributed by atoms with E-state index >= 15 is 0 Å². The van der Waals surface area contributed by atoms with Crippen molar-refractivity contribution >= 4 is 17.5 Å². The maximum absolute atomic E-state index is 12.5. The Morgan fingerprint density at radius 2 is 1.69 bits per heavy atom. The highest BCUT2D eigenvalue weighted by atomic mass is 35.5. The molecule has 0 radical (unpaired) electrons. The van der Waals surface area contributed by atoms with Crippen molar-refractivity contribution in [1.29, 1.82) is 0 Å². The summed E-state index contributed by atoms with van der Waals surface area (Å²) in [5, 5.41) is 7.92. The second-order valence-corrected chi connectivity index (χ2v) is 6.68. The minimum atomic E-state index is -0.132. The maximum Gasteiger partial charge on any atom is 0.270 e. The topological polar surface area (TPSA) is 64.0 Å². The van der Waals surface area contributed by atoms with Gasteiger partial charge in [0.2, 0.25) is 0 Å². The molecule has 0 aliphatic carbocycles. The fraction of sp³-hybridized carbons (Fsp3) is 0.261. The van der Waals surface area contributed by atoms with Crippen molar-refractivity contribution in [2.24, 2.45) is 0 Å². The third kappa shape index (κ3) is 5.78. The van der Waals surface area contributed by atoms with Crippen molar-refractivity contribution in [1.82, 2.24) is 15.1 Å². The first-order valence-electron chi connectivity index (χ1n) is 9.69. The lowest BCUT2D eigenvalue weighted by atomic mass is 10.1. The number of carbonyl (C=O) groups is 1. The molecule has 0 aliphatic heterocycles. The van der Waals surface area contributed by atoms with Gasteiger partial charge >= 0.3 is 0 Å². The summed E-state index contributed by atoms with van der Waals surface area (Å²) in [5.41, 5.74) is 3.54. The average Bonchev–Trinajstić information content (AvgIpc) is 2.74. The Bertz CT molecular complexity index is 1010. The van der Waals surface area contributed by atoms with Crippen LogP contribution in [0.25, 0.3) is 11.3 Å². The molecule has 1 N–H and O–H groups in total. The number of nitrogens with one attached hydrogen (secondary N) is 1. The van der Waals surface area contributed by atoms with E-state index in [-0.39, 0.29) is 11.5 Å². The molecule has 0 fully saturated rings. The van der Waals surface area contributed by atoms with Crippen LogP contribution >= 0.6 is 11.6 Å². The zero-order chi connectivity index (χ0) is 21.4. The normalized spacial score (nSPS) is 10.1. The average molecular weight is 412 g/mol. The van der Waals surface area contributed by atoms with E-state index in [1.54, 1.807) is 37.3 Å². The van der Waals surface area contributed by atoms with Gasteiger partial charge in [0.25, 0.3) is 11.5 Å². The van der Waals surface area contributed by atoms with Gasteiger partial charge in [-0.05, 0) is 49.7 Å². The van der Waals surface area contributed by atoms with Gasteiger partial charge in [-0.25, -0.2) is 4.68 Å². The molecule has 29 heavy (non-hydrogen) atoms. The van der Waals surface area contributed by atoms with Crippen LogP contribution in [0.2, 0.25) is 5.02 Å². The molecule has 0 spiro atoms. The molecule has 152 valence electrons. The first kappa shape index (κ1) is 22.4. The van der Waals surface area contributed by atoms with Gasteiger partial charge in [0.15, 0.2) is 0 Å². The molecule has 3 aromatic rings. The minimum Gasteiger partial charge on any atom is -0.352 e. The molecule has 1 aromatic heterocycles. The molecule has 6 heteroatoms. The zero-order valence-electron chi connectivity index (χ0n) is 17.2. The number of nitrogens with zero attached hydrogens (tertiary/aromatic N) is 2. The van der Waals surface area contributed by atoms with Gasteiger partial charge in [-0.15, -0.1) is 0 Å². The number of benzene rings is 2. The Labute approximate surface area is 176 Å². The molecule has 0 saturated heterocycles. The second kappa shape index (κ2) is 10.6. The lowest BCUT2D eigenvalue weighted by molar-refractivity contribution is 0.0956. The van der Waals surface area contributed by atoms with Crippen LogP contribution in [-0.4, -0.2) is 22.2 Å². The van der Waals surface area contributed by atoms with E-state index in [1.165, 1.54) is 4.68 Å². The predicted molar refractivity (Wildman–Crippen MR) is 119 cm³/mol. The van der Waals surface area contributed by atoms with Gasteiger partial charge < -0.3 is 5.32 Å². The number of aromatic nitrogens is 2. The van der Waals surface area contributed by atoms with E-state index in [0.717, 1.165) is 11.1 Å². The van der Waals surface area contributed by atoms with E-state index in [4.69, 9.17) is 11.6 Å². The molecule has 2 aromatic carbocycles. The monoisotopic (exact) mass is 411 g/mol. The third-order valence-electron chi connectivity index (χ3n) is 4.18. The molecule has 0 atom stereocenters. The van der Waals surface area contributed by atoms with Crippen molar-refractivity contribution < 1.29 is 4.79 Å². The first-order chi connectivity index (χ1) is 14.0. The fourth-order valence-corrected chi connectivity index (χ4v) is 2.87. The fourth-order valence-electron chi connectivity index (χ4n) is 2.74. The number of rotatable bonds is 5. The van der Waals surface area contributed by atoms with Gasteiger partial charge in [-0.3, -0.25) is 9.59 Å². The van der Waals surface area contributed by atoms with E-state index in [9.17, 15) is 9.59 Å². The highest BCUT2D eigenvalue weighted by Crippen LogP contribution is 2.18. The maximum atomic E-state index is 12.5. The van der Waals surface area contributed by atoms with Crippen molar-refractivity contribution in [2.75, 3.05) is 6.54 Å². The second-order valence-electron chi connectivity index (χ2n) is 6.24. The highest BCUT2D eigenvalue weighted by Gasteiger charge is 2.10. The molecular weight excluding hydrogens is 386 g/mol. The Balaban J connectivity index is 0.00000145. The van der Waals surface area contributed by atoms with E-state index in [2.05, 4.69) is 10.4 Å². The smallest absolute Gasteiger partial charge is 0.270 e. The van der Waals surface area contributed by atoms with Crippen LogP contribution in [-0.2, 0) is 6.54 Å². The van der Waals surface area contributed by atoms with Crippen molar-refractivity contribution in [3.63, 3.8) is 0 Å². The lowest BCUT2D eigenvalue weighted by Crippen LogP contribution is -2.25. The summed E-state index contributed by atoms with van der Waals surface area (Å²) in [7, 11) is 0. The van der Waals surface area contributed by atoms with Gasteiger partial charge in [0.05, 0.1) is 12.2 Å². The Kier molecular flexibility index (Phi) is 8.16. The molecule has 0 bridgehead atoms. The Morgan fingerprint density at radius 1 is 1.07 bits per heavy atom. The van der Waals surface area contributed by atoms with Gasteiger partial charge in [-0.2, -0.15) is 5.10 Å². The molecule has 0 aliphatic rings. The van der Waals surface area contributed by atoms with E-state index < -0.39 is 0 Å². The quantitative estimate of drug-likeness (QED) is 0.662. The van der Waals surface area contributed by atoms with E-state index in [0.29, 0.717) is 34.9 Å². The summed E-state index contributed by atoms with van der Waals surface area (Å²) in [6.45, 7) is 8.59. The summed E-state index contributed by atoms with van der Waals surface area (Å²) in [5.74, 6) is -0.110. The largest absolute Gasteiger partial charge is 0.352 e. The van der Waals surface area contributed by atoms with Crippen molar-refractivity contribution in [2.45, 2.75) is 34.2 Å². The lowest BCUT2D eigenvalue weighted by Gasteiger charge is -2.10. The van der Waals surface area contributed by atoms with Crippen LogP contribution in [0.3, 0.4) is 0 Å². The zero-order valence-corrected chi connectivity index (χ0v) is 18.0. The predicted octanol–water partition coefficient (Wildman–Crippen LogP) is 4.70. The number of aryl methyl sites for hydroxylation is 1. The SMILES string of the molecule is CC.CCNC(=O)c1ccc(-c2cc(C)c(=O)n(Cc3ccc(Cl)cc3)n2)cc1. The molecule has 0 unspecified atom stereocenters. The van der Waals surface area contributed by atoms with Crippen LogP contribution in [0.1, 0.15) is 42.3 Å². The summed E-state index contributed by atoms with van der Waals surface area (Å²) in [6.07, 6.45) is 0. The van der Waals surface area contributed by atoms with Gasteiger partial charge in [0, 0.05) is 28.3 Å². The van der Waals surface area contributed by atoms with Crippen LogP contribution in [0.5, 0.6) is 0 Å². The first-order valence-corrected chi connectivity index (χ1v) is 10.1. The van der Waals surface area contributed by atoms with Crippen molar-refractivity contribution in [3.05, 3.63) is 86.7 Å². The molecule has 1 heterocycles. The van der Waals surface area contributed by atoms with Gasteiger partial charge in [0.1, 0.15) is 0 Å². The minimum absolute atomic E-state index is 0.110. The van der Waals surface area contributed by atoms with Gasteiger partial charge in [-0.1, -0.05) is 49.7 Å². The van der Waals surface area contributed by atoms with E-state index in [1.807, 2.05) is 45.0 Å². The highest BCUT2D eigenvalue weighted by molar-refractivity contribution is 6.30. The number of hydrogen-bond acceptors (Lipinski definition) is 3. The van der Waals surface area contributed by atoms with Crippen LogP contribution in [0.4, 0.5) is 0 Å². The molecule has 3 rings (SSSR count). The molecule has 0 saturated carbocycles.